The van der Waals surface area contributed by atoms with E-state index in [9.17, 15) is 9.59 Å². The summed E-state index contributed by atoms with van der Waals surface area (Å²) in [4.78, 5) is 23.9. The van der Waals surface area contributed by atoms with E-state index in [0.29, 0.717) is 37.7 Å². The Labute approximate surface area is 190 Å². The number of nitrogens with zero attached hydrogens (tertiary/aromatic N) is 2. The number of esters is 1. The summed E-state index contributed by atoms with van der Waals surface area (Å²) >= 11 is 0. The minimum Gasteiger partial charge on any atom is -0.469 e. The number of benzene rings is 1. The van der Waals surface area contributed by atoms with Crippen LogP contribution >= 0.6 is 0 Å². The molecule has 2 aromatic rings. The highest BCUT2D eigenvalue weighted by atomic mass is 16.5. The zero-order valence-electron chi connectivity index (χ0n) is 19.5. The van der Waals surface area contributed by atoms with Gasteiger partial charge in [-0.2, -0.15) is 5.10 Å². The molecular weight excluding hydrogens is 406 g/mol. The van der Waals surface area contributed by atoms with E-state index in [0.717, 1.165) is 29.1 Å². The fourth-order valence-electron chi connectivity index (χ4n) is 4.23. The smallest absolute Gasteiger partial charge is 0.305 e. The minimum absolute atomic E-state index is 0.0821. The van der Waals surface area contributed by atoms with Gasteiger partial charge in [0.2, 0.25) is 0 Å². The molecule has 0 bridgehead atoms. The molecule has 0 saturated heterocycles. The van der Waals surface area contributed by atoms with Gasteiger partial charge in [-0.15, -0.1) is 0 Å². The molecule has 3 rings (SSSR count). The highest BCUT2D eigenvalue weighted by molar-refractivity contribution is 5.94. The predicted octanol–water partition coefficient (Wildman–Crippen LogP) is 4.06. The first-order chi connectivity index (χ1) is 15.5. The van der Waals surface area contributed by atoms with Crippen LogP contribution in [0.3, 0.4) is 0 Å². The van der Waals surface area contributed by atoms with Crippen molar-refractivity contribution in [3.8, 4) is 5.69 Å². The number of rotatable bonds is 10. The van der Waals surface area contributed by atoms with Gasteiger partial charge in [-0.25, -0.2) is 4.68 Å². The third-order valence-corrected chi connectivity index (χ3v) is 6.13. The summed E-state index contributed by atoms with van der Waals surface area (Å²) in [7, 11) is 1.40. The quantitative estimate of drug-likeness (QED) is 0.444. The van der Waals surface area contributed by atoms with Crippen molar-refractivity contribution in [1.82, 2.24) is 15.1 Å². The molecule has 0 atom stereocenters. The first-order valence-electron chi connectivity index (χ1n) is 11.6. The Balaban J connectivity index is 1.50. The van der Waals surface area contributed by atoms with Crippen LogP contribution < -0.4 is 5.32 Å². The van der Waals surface area contributed by atoms with Gasteiger partial charge in [0, 0.05) is 30.8 Å². The number of aromatic nitrogens is 2. The van der Waals surface area contributed by atoms with Crippen LogP contribution in [0.5, 0.6) is 0 Å². The highest BCUT2D eigenvalue weighted by Gasteiger charge is 2.15. The van der Waals surface area contributed by atoms with Gasteiger partial charge in [0.1, 0.15) is 0 Å². The van der Waals surface area contributed by atoms with Crippen LogP contribution in [-0.4, -0.2) is 48.0 Å². The second kappa shape index (κ2) is 11.8. The van der Waals surface area contributed by atoms with E-state index >= 15 is 0 Å². The second-order valence-corrected chi connectivity index (χ2v) is 8.42. The molecule has 32 heavy (non-hydrogen) atoms. The summed E-state index contributed by atoms with van der Waals surface area (Å²) in [6, 6.07) is 7.41. The van der Waals surface area contributed by atoms with Crippen molar-refractivity contribution in [2.45, 2.75) is 71.3 Å². The fourth-order valence-corrected chi connectivity index (χ4v) is 4.23. The maximum absolute atomic E-state index is 12.4. The molecule has 0 radical (unpaired) electrons. The number of aryl methyl sites for hydroxylation is 1. The predicted molar refractivity (Wildman–Crippen MR) is 123 cm³/mol. The molecule has 1 aromatic carbocycles. The lowest BCUT2D eigenvalue weighted by atomic mass is 9.98. The van der Waals surface area contributed by atoms with Gasteiger partial charge in [-0.3, -0.25) is 9.59 Å². The zero-order valence-corrected chi connectivity index (χ0v) is 19.5. The number of carbonyl (C=O) groups is 2. The summed E-state index contributed by atoms with van der Waals surface area (Å²) in [6.45, 7) is 5.23. The van der Waals surface area contributed by atoms with Crippen LogP contribution in [0.1, 0.15) is 72.3 Å². The van der Waals surface area contributed by atoms with Crippen molar-refractivity contribution in [3.63, 3.8) is 0 Å². The molecule has 0 aliphatic heterocycles. The second-order valence-electron chi connectivity index (χ2n) is 8.42. The van der Waals surface area contributed by atoms with Gasteiger partial charge in [0.05, 0.1) is 24.6 Å². The highest BCUT2D eigenvalue weighted by Crippen LogP contribution is 2.21. The van der Waals surface area contributed by atoms with Crippen LogP contribution in [0.25, 0.3) is 5.69 Å². The fraction of sp³-hybridized carbons (Fsp3) is 0.560. The maximum atomic E-state index is 12.4. The number of hydrogen-bond donors (Lipinski definition) is 1. The van der Waals surface area contributed by atoms with E-state index in [-0.39, 0.29) is 11.9 Å². The van der Waals surface area contributed by atoms with E-state index in [1.54, 1.807) is 0 Å². The van der Waals surface area contributed by atoms with Crippen molar-refractivity contribution in [3.05, 3.63) is 46.8 Å². The lowest BCUT2D eigenvalue weighted by molar-refractivity contribution is -0.140. The first-order valence-corrected chi connectivity index (χ1v) is 11.6. The molecule has 0 unspecified atom stereocenters. The Bertz CT molecular complexity index is 899. The summed E-state index contributed by atoms with van der Waals surface area (Å²) < 4.78 is 12.5. The number of amides is 1. The van der Waals surface area contributed by atoms with Gasteiger partial charge >= 0.3 is 5.97 Å². The summed E-state index contributed by atoms with van der Waals surface area (Å²) in [5.41, 5.74) is 4.43. The molecular formula is C25H35N3O4. The average Bonchev–Trinajstić information content (AvgIpc) is 3.11. The van der Waals surface area contributed by atoms with Crippen molar-refractivity contribution in [1.29, 1.82) is 0 Å². The van der Waals surface area contributed by atoms with Crippen molar-refractivity contribution < 1.29 is 19.1 Å². The molecule has 7 heteroatoms. The third-order valence-electron chi connectivity index (χ3n) is 6.13. The molecule has 1 amide bonds. The van der Waals surface area contributed by atoms with Gasteiger partial charge in [-0.05, 0) is 69.4 Å². The van der Waals surface area contributed by atoms with Crippen molar-refractivity contribution >= 4 is 11.9 Å². The van der Waals surface area contributed by atoms with E-state index in [2.05, 4.69) is 10.4 Å². The molecule has 0 spiro atoms. The molecule has 1 heterocycles. The summed E-state index contributed by atoms with van der Waals surface area (Å²) in [5, 5.41) is 7.59. The van der Waals surface area contributed by atoms with Crippen LogP contribution in [0, 0.1) is 13.8 Å². The standard InChI is InChI=1S/C25H35N3O4/c1-18-23(14-15-24(29)31-3)19(2)28(27-18)21-12-10-20(11-13-21)25(30)26-16-7-17-32-22-8-5-4-6-9-22/h10-13,22H,4-9,14-17H2,1-3H3,(H,26,30). The Morgan fingerprint density at radius 2 is 1.84 bits per heavy atom. The summed E-state index contributed by atoms with van der Waals surface area (Å²) in [5.74, 6) is -0.311. The van der Waals surface area contributed by atoms with Crippen LogP contribution in [-0.2, 0) is 20.7 Å². The van der Waals surface area contributed by atoms with Gasteiger partial charge in [-0.1, -0.05) is 19.3 Å². The minimum atomic E-state index is -0.229. The monoisotopic (exact) mass is 441 g/mol. The maximum Gasteiger partial charge on any atom is 0.305 e. The number of nitrogens with one attached hydrogen (secondary N) is 1. The third kappa shape index (κ3) is 6.42. The lowest BCUT2D eigenvalue weighted by Gasteiger charge is -2.21. The molecule has 1 fully saturated rings. The topological polar surface area (TPSA) is 82.5 Å². The Hall–Kier alpha value is -2.67. The van der Waals surface area contributed by atoms with Crippen molar-refractivity contribution in [2.75, 3.05) is 20.3 Å². The molecule has 1 aliphatic carbocycles. The average molecular weight is 442 g/mol. The Morgan fingerprint density at radius 3 is 2.53 bits per heavy atom. The van der Waals surface area contributed by atoms with Gasteiger partial charge in [0.25, 0.3) is 5.91 Å². The molecule has 1 saturated carbocycles. The Morgan fingerprint density at radius 1 is 1.12 bits per heavy atom. The number of hydrogen-bond acceptors (Lipinski definition) is 5. The van der Waals surface area contributed by atoms with Crippen molar-refractivity contribution in [2.24, 2.45) is 0 Å². The first kappa shape index (κ1) is 24.0. The number of ether oxygens (including phenoxy) is 2. The van der Waals surface area contributed by atoms with Gasteiger partial charge in [0.15, 0.2) is 0 Å². The van der Waals surface area contributed by atoms with E-state index < -0.39 is 0 Å². The van der Waals surface area contributed by atoms with Crippen LogP contribution in [0.15, 0.2) is 24.3 Å². The Kier molecular flexibility index (Phi) is 8.85. The number of methoxy groups -OCH3 is 1. The molecule has 174 valence electrons. The zero-order chi connectivity index (χ0) is 22.9. The van der Waals surface area contributed by atoms with E-state index in [4.69, 9.17) is 9.47 Å². The molecule has 1 aromatic heterocycles. The van der Waals surface area contributed by atoms with E-state index in [1.807, 2.05) is 42.8 Å². The normalized spacial score (nSPS) is 14.3. The lowest BCUT2D eigenvalue weighted by Crippen LogP contribution is -2.26. The SMILES string of the molecule is COC(=O)CCc1c(C)nn(-c2ccc(C(=O)NCCCOC3CCCCC3)cc2)c1C. The molecule has 7 nitrogen and oxygen atoms in total. The summed E-state index contributed by atoms with van der Waals surface area (Å²) in [6.07, 6.45) is 8.34. The van der Waals surface area contributed by atoms with E-state index in [1.165, 1.54) is 39.2 Å². The van der Waals surface area contributed by atoms with Gasteiger partial charge < -0.3 is 14.8 Å². The molecule has 1 N–H and O–H groups in total. The van der Waals surface area contributed by atoms with Crippen LogP contribution in [0.4, 0.5) is 0 Å². The molecule has 1 aliphatic rings. The van der Waals surface area contributed by atoms with Crippen LogP contribution in [0.2, 0.25) is 0 Å². The number of carbonyl (C=O) groups excluding carboxylic acids is 2. The largest absolute Gasteiger partial charge is 0.469 e.